The van der Waals surface area contributed by atoms with Gasteiger partial charge in [0.2, 0.25) is 5.69 Å². The van der Waals surface area contributed by atoms with Gasteiger partial charge in [0.05, 0.1) is 35.2 Å². The lowest BCUT2D eigenvalue weighted by atomic mass is 10.1. The van der Waals surface area contributed by atoms with E-state index in [4.69, 9.17) is 0 Å². The summed E-state index contributed by atoms with van der Waals surface area (Å²) in [7, 11) is 3.08. The van der Waals surface area contributed by atoms with E-state index >= 15 is 0 Å². The molecule has 0 amide bonds. The highest BCUT2D eigenvalue weighted by molar-refractivity contribution is 7.14. The molecule has 3 aromatic carbocycles. The lowest BCUT2D eigenvalue weighted by Crippen LogP contribution is -2.21. The van der Waals surface area contributed by atoms with Crippen LogP contribution in [-0.4, -0.2) is 35.1 Å². The molecule has 0 aliphatic carbocycles. The van der Waals surface area contributed by atoms with Gasteiger partial charge in [-0.3, -0.25) is 4.79 Å². The summed E-state index contributed by atoms with van der Waals surface area (Å²) in [6.45, 7) is 0. The number of hydrogen-bond donors (Lipinski definition) is 2. The second-order valence-electron chi connectivity index (χ2n) is 7.83. The van der Waals surface area contributed by atoms with Crippen LogP contribution in [0.15, 0.2) is 76.9 Å². The van der Waals surface area contributed by atoms with Crippen molar-refractivity contribution in [3.8, 4) is 11.3 Å². The molecule has 0 unspecified atom stereocenters. The van der Waals surface area contributed by atoms with Crippen LogP contribution in [0.1, 0.15) is 10.5 Å². The Balaban J connectivity index is 1.61. The standard InChI is InChI=1S/C26H20FN5O3S/c1-32(15-8-4-3-5-9-15)22-13-19-18(29-24(33)23(28-19)25(34)35-2)12-20(22)30-26-31-21(14-36-26)16-10-6-7-11-17(16)27/h3-14H,1-2H3,(H,29,33)(H,30,31). The van der Waals surface area contributed by atoms with E-state index in [1.165, 1.54) is 24.5 Å². The van der Waals surface area contributed by atoms with Crippen molar-refractivity contribution < 1.29 is 13.9 Å². The monoisotopic (exact) mass is 501 g/mol. The Hall–Kier alpha value is -4.57. The molecule has 0 aliphatic rings. The van der Waals surface area contributed by atoms with Crippen molar-refractivity contribution in [2.24, 2.45) is 0 Å². The van der Waals surface area contributed by atoms with Crippen molar-refractivity contribution in [2.45, 2.75) is 0 Å². The summed E-state index contributed by atoms with van der Waals surface area (Å²) < 4.78 is 18.9. The van der Waals surface area contributed by atoms with Gasteiger partial charge in [-0.2, -0.15) is 0 Å². The zero-order chi connectivity index (χ0) is 25.2. The number of nitrogens with zero attached hydrogens (tertiary/aromatic N) is 3. The Morgan fingerprint density at radius 3 is 2.58 bits per heavy atom. The Morgan fingerprint density at radius 1 is 1.08 bits per heavy atom. The van der Waals surface area contributed by atoms with Gasteiger partial charge in [-0.25, -0.2) is 19.2 Å². The summed E-state index contributed by atoms with van der Waals surface area (Å²) in [5.74, 6) is -1.17. The number of hydrogen-bond acceptors (Lipinski definition) is 8. The van der Waals surface area contributed by atoms with Gasteiger partial charge in [-0.15, -0.1) is 11.3 Å². The summed E-state index contributed by atoms with van der Waals surface area (Å²) in [5, 5.41) is 5.61. The number of thiazole rings is 1. The quantitative estimate of drug-likeness (QED) is 0.297. The molecule has 0 atom stereocenters. The number of anilines is 4. The number of benzene rings is 3. The maximum atomic E-state index is 14.3. The average Bonchev–Trinajstić information content (AvgIpc) is 3.36. The minimum Gasteiger partial charge on any atom is -0.464 e. The van der Waals surface area contributed by atoms with E-state index in [0.29, 0.717) is 38.8 Å². The highest BCUT2D eigenvalue weighted by atomic mass is 32.1. The number of halogens is 1. The van der Waals surface area contributed by atoms with Crippen molar-refractivity contribution in [3.63, 3.8) is 0 Å². The molecule has 5 aromatic rings. The number of carbonyl (C=O) groups excluding carboxylic acids is 1. The molecule has 180 valence electrons. The highest BCUT2D eigenvalue weighted by Crippen LogP contribution is 2.37. The van der Waals surface area contributed by atoms with Gasteiger partial charge in [-0.1, -0.05) is 30.3 Å². The number of rotatable bonds is 6. The second-order valence-corrected chi connectivity index (χ2v) is 8.69. The summed E-state index contributed by atoms with van der Waals surface area (Å²) >= 11 is 1.33. The topological polar surface area (TPSA) is 100 Å². The summed E-state index contributed by atoms with van der Waals surface area (Å²) in [5.41, 5.74) is 3.02. The fourth-order valence-electron chi connectivity index (χ4n) is 3.76. The molecule has 8 nitrogen and oxygen atoms in total. The van der Waals surface area contributed by atoms with Gasteiger partial charge in [0.1, 0.15) is 5.82 Å². The van der Waals surface area contributed by atoms with Crippen LogP contribution in [0, 0.1) is 5.82 Å². The lowest BCUT2D eigenvalue weighted by molar-refractivity contribution is 0.0592. The molecule has 2 N–H and O–H groups in total. The zero-order valence-electron chi connectivity index (χ0n) is 19.3. The first-order chi connectivity index (χ1) is 17.4. The third kappa shape index (κ3) is 4.41. The van der Waals surface area contributed by atoms with Crippen molar-refractivity contribution in [2.75, 3.05) is 24.4 Å². The van der Waals surface area contributed by atoms with Crippen molar-refractivity contribution in [3.05, 3.63) is 94.0 Å². The molecule has 36 heavy (non-hydrogen) atoms. The smallest absolute Gasteiger partial charge is 0.362 e. The lowest BCUT2D eigenvalue weighted by Gasteiger charge is -2.23. The minimum atomic E-state index is -0.818. The molecular formula is C26H20FN5O3S. The SMILES string of the molecule is COC(=O)c1nc2cc(N(C)c3ccccc3)c(Nc3nc(-c4ccccc4F)cs3)cc2[nH]c1=O. The molecule has 2 aromatic heterocycles. The van der Waals surface area contributed by atoms with E-state index in [0.717, 1.165) is 5.69 Å². The number of esters is 1. The average molecular weight is 502 g/mol. The van der Waals surface area contributed by atoms with Crippen LogP contribution in [0.2, 0.25) is 0 Å². The summed E-state index contributed by atoms with van der Waals surface area (Å²) in [6.07, 6.45) is 0. The van der Waals surface area contributed by atoms with Crippen molar-refractivity contribution >= 4 is 50.5 Å². The highest BCUT2D eigenvalue weighted by Gasteiger charge is 2.18. The molecular weight excluding hydrogens is 481 g/mol. The fourth-order valence-corrected chi connectivity index (χ4v) is 4.49. The number of methoxy groups -OCH3 is 1. The Labute approximate surface area is 209 Å². The van der Waals surface area contributed by atoms with Gasteiger partial charge in [0, 0.05) is 23.7 Å². The number of fused-ring (bicyclic) bond motifs is 1. The van der Waals surface area contributed by atoms with Gasteiger partial charge >= 0.3 is 5.97 Å². The summed E-state index contributed by atoms with van der Waals surface area (Å²) in [4.78, 5) is 37.9. The predicted octanol–water partition coefficient (Wildman–Crippen LogP) is 5.48. The second kappa shape index (κ2) is 9.59. The Morgan fingerprint density at radius 2 is 1.83 bits per heavy atom. The largest absolute Gasteiger partial charge is 0.464 e. The van der Waals surface area contributed by atoms with Crippen LogP contribution in [-0.2, 0) is 4.74 Å². The normalized spacial score (nSPS) is 10.9. The van der Waals surface area contributed by atoms with Crippen LogP contribution < -0.4 is 15.8 Å². The first-order valence-electron chi connectivity index (χ1n) is 10.9. The molecule has 2 heterocycles. The van der Waals surface area contributed by atoms with Gasteiger partial charge in [0.15, 0.2) is 5.13 Å². The third-order valence-corrected chi connectivity index (χ3v) is 6.35. The van der Waals surface area contributed by atoms with E-state index in [-0.39, 0.29) is 11.5 Å². The number of nitrogens with one attached hydrogen (secondary N) is 2. The zero-order valence-corrected chi connectivity index (χ0v) is 20.1. The number of aromatic amines is 1. The van der Waals surface area contributed by atoms with Gasteiger partial charge in [-0.05, 0) is 36.4 Å². The summed E-state index contributed by atoms with van der Waals surface area (Å²) in [6, 6.07) is 19.6. The van der Waals surface area contributed by atoms with E-state index in [1.54, 1.807) is 35.7 Å². The van der Waals surface area contributed by atoms with Gasteiger partial charge in [0.25, 0.3) is 5.56 Å². The molecule has 0 aliphatic heterocycles. The molecule has 0 radical (unpaired) electrons. The first kappa shape index (κ1) is 23.2. The number of aromatic nitrogens is 3. The molecule has 0 fully saturated rings. The van der Waals surface area contributed by atoms with Crippen LogP contribution in [0.3, 0.4) is 0 Å². The first-order valence-corrected chi connectivity index (χ1v) is 11.7. The van der Waals surface area contributed by atoms with Crippen LogP contribution in [0.25, 0.3) is 22.3 Å². The fraction of sp³-hybridized carbons (Fsp3) is 0.0769. The minimum absolute atomic E-state index is 0.325. The van der Waals surface area contributed by atoms with Crippen LogP contribution >= 0.6 is 11.3 Å². The molecule has 0 saturated heterocycles. The molecule has 5 rings (SSSR count). The molecule has 10 heteroatoms. The van der Waals surface area contributed by atoms with Crippen LogP contribution in [0.5, 0.6) is 0 Å². The van der Waals surface area contributed by atoms with Gasteiger partial charge < -0.3 is 19.9 Å². The van der Waals surface area contributed by atoms with Crippen molar-refractivity contribution in [1.29, 1.82) is 0 Å². The van der Waals surface area contributed by atoms with Crippen LogP contribution in [0.4, 0.5) is 26.6 Å². The van der Waals surface area contributed by atoms with E-state index < -0.39 is 11.5 Å². The maximum absolute atomic E-state index is 14.3. The number of para-hydroxylation sites is 1. The number of ether oxygens (including phenoxy) is 1. The Bertz CT molecular complexity index is 1630. The number of H-pyrrole nitrogens is 1. The molecule has 0 bridgehead atoms. The molecule has 0 spiro atoms. The van der Waals surface area contributed by atoms with Crippen molar-refractivity contribution in [1.82, 2.24) is 15.0 Å². The Kier molecular flexibility index (Phi) is 6.17. The van der Waals surface area contributed by atoms with E-state index in [9.17, 15) is 14.0 Å². The van der Waals surface area contributed by atoms with E-state index in [2.05, 4.69) is 25.0 Å². The molecule has 0 saturated carbocycles. The van der Waals surface area contributed by atoms with E-state index in [1.807, 2.05) is 42.3 Å². The third-order valence-electron chi connectivity index (χ3n) is 5.59. The predicted molar refractivity (Wildman–Crippen MR) is 139 cm³/mol. The maximum Gasteiger partial charge on any atom is 0.362 e. The number of carbonyl (C=O) groups is 1.